The number of ether oxygens (including phenoxy) is 2. The average Bonchev–Trinajstić information content (AvgIpc) is 3.21. The van der Waals surface area contributed by atoms with Crippen LogP contribution in [0.3, 0.4) is 0 Å². The van der Waals surface area contributed by atoms with E-state index in [0.717, 1.165) is 31.6 Å². The summed E-state index contributed by atoms with van der Waals surface area (Å²) >= 11 is 0. The number of halogens is 2. The van der Waals surface area contributed by atoms with Crippen LogP contribution in [0.15, 0.2) is 61.2 Å². The maximum absolute atomic E-state index is 13.7. The van der Waals surface area contributed by atoms with Gasteiger partial charge in [0.05, 0.1) is 13.4 Å². The van der Waals surface area contributed by atoms with Crippen molar-refractivity contribution in [2.75, 3.05) is 13.7 Å². The normalized spacial score (nSPS) is 10.4. The molecule has 0 aliphatic rings. The maximum atomic E-state index is 13.7. The summed E-state index contributed by atoms with van der Waals surface area (Å²) in [6.45, 7) is 2.76. The van der Waals surface area contributed by atoms with Crippen LogP contribution in [-0.2, 0) is 19.7 Å². The molecule has 0 bridgehead atoms. The summed E-state index contributed by atoms with van der Waals surface area (Å²) in [6, 6.07) is 12.4. The highest BCUT2D eigenvalue weighted by Crippen LogP contribution is 2.29. The summed E-state index contributed by atoms with van der Waals surface area (Å²) in [4.78, 5) is 4.03. The highest BCUT2D eigenvalue weighted by molar-refractivity contribution is 5.85. The third kappa shape index (κ3) is 6.25. The number of aromatic nitrogens is 2. The average molecular weight is 406 g/mol. The number of methoxy groups -OCH3 is 1. The lowest BCUT2D eigenvalue weighted by molar-refractivity contribution is 0.279. The first-order valence-electron chi connectivity index (χ1n) is 8.96. The monoisotopic (exact) mass is 405 g/mol. The molecule has 0 saturated heterocycles. The SMILES string of the molecule is COc1cc(CNCCCn2ccnc2)ccc1OCc1ccccc1F.Cl. The van der Waals surface area contributed by atoms with Crippen molar-refractivity contribution in [3.63, 3.8) is 0 Å². The van der Waals surface area contributed by atoms with Gasteiger partial charge in [0.1, 0.15) is 12.4 Å². The number of hydrogen-bond acceptors (Lipinski definition) is 4. The van der Waals surface area contributed by atoms with E-state index in [1.165, 1.54) is 6.07 Å². The molecule has 1 aromatic heterocycles. The van der Waals surface area contributed by atoms with E-state index < -0.39 is 0 Å². The van der Waals surface area contributed by atoms with Gasteiger partial charge in [0.2, 0.25) is 0 Å². The van der Waals surface area contributed by atoms with Gasteiger partial charge in [-0.3, -0.25) is 0 Å². The first kappa shape index (κ1) is 21.7. The highest BCUT2D eigenvalue weighted by Gasteiger charge is 2.08. The van der Waals surface area contributed by atoms with Gasteiger partial charge in [-0.1, -0.05) is 24.3 Å². The molecule has 0 spiro atoms. The minimum Gasteiger partial charge on any atom is -0.493 e. The quantitative estimate of drug-likeness (QED) is 0.513. The van der Waals surface area contributed by atoms with Crippen molar-refractivity contribution >= 4 is 12.4 Å². The molecule has 0 aliphatic carbocycles. The fraction of sp³-hybridized carbons (Fsp3) is 0.286. The van der Waals surface area contributed by atoms with Crippen LogP contribution in [0.2, 0.25) is 0 Å². The van der Waals surface area contributed by atoms with E-state index in [0.29, 0.717) is 17.1 Å². The van der Waals surface area contributed by atoms with Gasteiger partial charge in [-0.05, 0) is 36.7 Å². The Morgan fingerprint density at radius 3 is 2.75 bits per heavy atom. The zero-order valence-electron chi connectivity index (χ0n) is 15.8. The lowest BCUT2D eigenvalue weighted by Gasteiger charge is -2.13. The molecule has 0 amide bonds. The minimum atomic E-state index is -0.270. The molecule has 1 N–H and O–H groups in total. The topological polar surface area (TPSA) is 48.3 Å². The minimum absolute atomic E-state index is 0. The van der Waals surface area contributed by atoms with E-state index in [9.17, 15) is 4.39 Å². The van der Waals surface area contributed by atoms with E-state index in [1.54, 1.807) is 31.5 Å². The van der Waals surface area contributed by atoms with Crippen molar-refractivity contribution in [1.82, 2.24) is 14.9 Å². The lowest BCUT2D eigenvalue weighted by Crippen LogP contribution is -2.16. The van der Waals surface area contributed by atoms with Crippen LogP contribution < -0.4 is 14.8 Å². The van der Waals surface area contributed by atoms with E-state index in [-0.39, 0.29) is 24.8 Å². The molecule has 28 heavy (non-hydrogen) atoms. The number of aryl methyl sites for hydroxylation is 1. The molecule has 0 atom stereocenters. The van der Waals surface area contributed by atoms with Gasteiger partial charge in [0.15, 0.2) is 11.5 Å². The Labute approximate surface area is 170 Å². The molecule has 0 fully saturated rings. The van der Waals surface area contributed by atoms with Gasteiger partial charge in [-0.25, -0.2) is 9.37 Å². The summed E-state index contributed by atoms with van der Waals surface area (Å²) in [6.07, 6.45) is 6.60. The smallest absolute Gasteiger partial charge is 0.161 e. The molecule has 0 radical (unpaired) electrons. The summed E-state index contributed by atoms with van der Waals surface area (Å²) < 4.78 is 26.9. The molecule has 5 nitrogen and oxygen atoms in total. The van der Waals surface area contributed by atoms with Crippen LogP contribution >= 0.6 is 12.4 Å². The predicted octanol–water partition coefficient (Wildman–Crippen LogP) is 4.21. The molecule has 0 aliphatic heterocycles. The number of rotatable bonds is 10. The van der Waals surface area contributed by atoms with Crippen LogP contribution in [0.1, 0.15) is 17.5 Å². The molecule has 7 heteroatoms. The van der Waals surface area contributed by atoms with Crippen molar-refractivity contribution in [1.29, 1.82) is 0 Å². The highest BCUT2D eigenvalue weighted by atomic mass is 35.5. The van der Waals surface area contributed by atoms with Crippen molar-refractivity contribution < 1.29 is 13.9 Å². The molecule has 2 aromatic carbocycles. The zero-order valence-corrected chi connectivity index (χ0v) is 16.6. The van der Waals surface area contributed by atoms with Gasteiger partial charge in [-0.2, -0.15) is 0 Å². The van der Waals surface area contributed by atoms with Crippen molar-refractivity contribution in [2.45, 2.75) is 26.1 Å². The van der Waals surface area contributed by atoms with Gasteiger partial charge in [0.25, 0.3) is 0 Å². The fourth-order valence-corrected chi connectivity index (χ4v) is 2.75. The van der Waals surface area contributed by atoms with Gasteiger partial charge >= 0.3 is 0 Å². The number of hydrogen-bond donors (Lipinski definition) is 1. The molecule has 0 saturated carbocycles. The largest absolute Gasteiger partial charge is 0.493 e. The van der Waals surface area contributed by atoms with E-state index in [1.807, 2.05) is 30.7 Å². The van der Waals surface area contributed by atoms with Crippen molar-refractivity contribution in [2.24, 2.45) is 0 Å². The predicted molar refractivity (Wildman–Crippen MR) is 110 cm³/mol. The second-order valence-corrected chi connectivity index (χ2v) is 6.20. The Bertz CT molecular complexity index is 843. The number of nitrogens with zero attached hydrogens (tertiary/aromatic N) is 2. The lowest BCUT2D eigenvalue weighted by atomic mass is 10.2. The molecule has 3 rings (SSSR count). The van der Waals surface area contributed by atoms with Crippen LogP contribution in [0.25, 0.3) is 0 Å². The van der Waals surface area contributed by atoms with Crippen LogP contribution in [0, 0.1) is 5.82 Å². The number of benzene rings is 2. The maximum Gasteiger partial charge on any atom is 0.161 e. The van der Waals surface area contributed by atoms with E-state index >= 15 is 0 Å². The second-order valence-electron chi connectivity index (χ2n) is 6.20. The Balaban J connectivity index is 0.00000280. The number of nitrogens with one attached hydrogen (secondary N) is 1. The molecule has 150 valence electrons. The summed E-state index contributed by atoms with van der Waals surface area (Å²) in [5.41, 5.74) is 1.62. The van der Waals surface area contributed by atoms with Crippen molar-refractivity contribution in [3.8, 4) is 11.5 Å². The molecule has 1 heterocycles. The zero-order chi connectivity index (χ0) is 18.9. The van der Waals surface area contributed by atoms with Crippen LogP contribution in [-0.4, -0.2) is 23.2 Å². The Morgan fingerprint density at radius 2 is 2.00 bits per heavy atom. The Hall–Kier alpha value is -2.57. The second kappa shape index (κ2) is 11.3. The number of imidazole rings is 1. The summed E-state index contributed by atoms with van der Waals surface area (Å²) in [5.74, 6) is 0.974. The van der Waals surface area contributed by atoms with Gasteiger partial charge < -0.3 is 19.4 Å². The summed E-state index contributed by atoms with van der Waals surface area (Å²) in [5, 5.41) is 3.42. The molecular weight excluding hydrogens is 381 g/mol. The molecular formula is C21H25ClFN3O2. The van der Waals surface area contributed by atoms with Gasteiger partial charge in [0, 0.05) is 31.0 Å². The molecule has 0 unspecified atom stereocenters. The Kier molecular flexibility index (Phi) is 8.78. The molecule has 3 aromatic rings. The standard InChI is InChI=1S/C21H24FN3O2.ClH/c1-26-21-13-17(14-23-9-4-11-25-12-10-24-16-25)7-8-20(21)27-15-18-5-2-3-6-19(18)22;/h2-3,5-8,10,12-13,16,23H,4,9,11,14-15H2,1H3;1H. The third-order valence-corrected chi connectivity index (χ3v) is 4.23. The van der Waals surface area contributed by atoms with Gasteiger partial charge in [-0.15, -0.1) is 12.4 Å². The van der Waals surface area contributed by atoms with Crippen LogP contribution in [0.4, 0.5) is 4.39 Å². The van der Waals surface area contributed by atoms with E-state index in [2.05, 4.69) is 14.9 Å². The Morgan fingerprint density at radius 1 is 1.14 bits per heavy atom. The van der Waals surface area contributed by atoms with Crippen molar-refractivity contribution in [3.05, 3.63) is 78.1 Å². The first-order chi connectivity index (χ1) is 13.3. The summed E-state index contributed by atoms with van der Waals surface area (Å²) in [7, 11) is 1.60. The first-order valence-corrected chi connectivity index (χ1v) is 8.96. The third-order valence-electron chi connectivity index (χ3n) is 4.23. The van der Waals surface area contributed by atoms with Crippen LogP contribution in [0.5, 0.6) is 11.5 Å². The fourth-order valence-electron chi connectivity index (χ4n) is 2.75. The van der Waals surface area contributed by atoms with E-state index in [4.69, 9.17) is 9.47 Å².